The Bertz CT molecular complexity index is 460. The Morgan fingerprint density at radius 1 is 1.18 bits per heavy atom. The summed E-state index contributed by atoms with van der Waals surface area (Å²) in [6.07, 6.45) is 0.207. The number of pyridine rings is 1. The minimum Gasteiger partial charge on any atom is -0.295 e. The molecule has 0 N–H and O–H groups in total. The van der Waals surface area contributed by atoms with Crippen LogP contribution in [0.4, 0.5) is 13.2 Å². The molecule has 0 radical (unpaired) electrons. The van der Waals surface area contributed by atoms with Gasteiger partial charge in [-0.1, -0.05) is 6.07 Å². The maximum absolute atomic E-state index is 12.3. The highest BCUT2D eigenvalue weighted by molar-refractivity contribution is 5.98. The molecule has 0 saturated heterocycles. The van der Waals surface area contributed by atoms with Crippen LogP contribution < -0.4 is 0 Å². The Kier molecular flexibility index (Phi) is 3.00. The zero-order valence-electron chi connectivity index (χ0n) is 8.92. The summed E-state index contributed by atoms with van der Waals surface area (Å²) in [6.45, 7) is 0. The molecule has 0 saturated carbocycles. The van der Waals surface area contributed by atoms with E-state index in [4.69, 9.17) is 0 Å². The van der Waals surface area contributed by atoms with E-state index >= 15 is 0 Å². The number of ketones is 1. The van der Waals surface area contributed by atoms with Crippen LogP contribution in [0.1, 0.15) is 30.5 Å². The van der Waals surface area contributed by atoms with Crippen molar-refractivity contribution in [3.63, 3.8) is 0 Å². The fourth-order valence-electron chi connectivity index (χ4n) is 1.77. The van der Waals surface area contributed by atoms with Gasteiger partial charge in [-0.15, -0.1) is 0 Å². The second kappa shape index (κ2) is 4.31. The Balaban J connectivity index is 2.27. The van der Waals surface area contributed by atoms with Crippen molar-refractivity contribution in [2.75, 3.05) is 0 Å². The minimum atomic E-state index is -4.42. The van der Waals surface area contributed by atoms with Gasteiger partial charge in [0.15, 0.2) is 5.78 Å². The van der Waals surface area contributed by atoms with E-state index in [1.54, 1.807) is 0 Å². The summed E-state index contributed by atoms with van der Waals surface area (Å²) in [7, 11) is 0. The van der Waals surface area contributed by atoms with Crippen LogP contribution in [-0.4, -0.2) is 10.8 Å². The van der Waals surface area contributed by atoms with Crippen LogP contribution in [0.2, 0.25) is 0 Å². The van der Waals surface area contributed by atoms with Crippen LogP contribution in [0.25, 0.3) is 5.57 Å². The lowest BCUT2D eigenvalue weighted by atomic mass is 9.94. The molecule has 1 heterocycles. The van der Waals surface area contributed by atoms with Crippen molar-refractivity contribution >= 4 is 11.4 Å². The number of rotatable bonds is 1. The summed E-state index contributed by atoms with van der Waals surface area (Å²) in [5.74, 6) is 0.0196. The first-order valence-corrected chi connectivity index (χ1v) is 5.24. The highest BCUT2D eigenvalue weighted by atomic mass is 19.4. The molecular weight excluding hydrogens is 231 g/mol. The van der Waals surface area contributed by atoms with E-state index in [0.717, 1.165) is 18.1 Å². The second-order valence-electron chi connectivity index (χ2n) is 3.92. The van der Waals surface area contributed by atoms with Crippen LogP contribution in [0.3, 0.4) is 0 Å². The average molecular weight is 241 g/mol. The maximum Gasteiger partial charge on any atom is 0.433 e. The quantitative estimate of drug-likeness (QED) is 0.755. The van der Waals surface area contributed by atoms with Crippen molar-refractivity contribution in [3.8, 4) is 0 Å². The Morgan fingerprint density at radius 2 is 1.94 bits per heavy atom. The molecular formula is C12H10F3NO. The average Bonchev–Trinajstić information content (AvgIpc) is 2.28. The lowest BCUT2D eigenvalue weighted by molar-refractivity contribution is -0.141. The van der Waals surface area contributed by atoms with Crippen molar-refractivity contribution in [2.45, 2.75) is 25.4 Å². The molecule has 1 aliphatic rings. The predicted molar refractivity (Wildman–Crippen MR) is 56.1 cm³/mol. The van der Waals surface area contributed by atoms with Crippen LogP contribution >= 0.6 is 0 Å². The Labute approximate surface area is 96.2 Å². The zero-order valence-corrected chi connectivity index (χ0v) is 8.92. The molecule has 90 valence electrons. The van der Waals surface area contributed by atoms with Crippen LogP contribution in [0, 0.1) is 0 Å². The molecule has 2 nitrogen and oxygen atoms in total. The van der Waals surface area contributed by atoms with E-state index < -0.39 is 11.9 Å². The standard InChI is InChI=1S/C12H10F3NO/c13-12(14,15)11-5-4-9(7-16-11)8-2-1-3-10(17)6-8/h4-7H,1-3H2. The van der Waals surface area contributed by atoms with Gasteiger partial charge in [-0.3, -0.25) is 9.78 Å². The zero-order chi connectivity index (χ0) is 12.5. The van der Waals surface area contributed by atoms with Gasteiger partial charge in [-0.25, -0.2) is 0 Å². The van der Waals surface area contributed by atoms with E-state index in [0.29, 0.717) is 18.4 Å². The van der Waals surface area contributed by atoms with Crippen molar-refractivity contribution in [2.24, 2.45) is 0 Å². The molecule has 1 aliphatic carbocycles. The molecule has 0 atom stereocenters. The third-order valence-electron chi connectivity index (χ3n) is 2.63. The summed E-state index contributed by atoms with van der Waals surface area (Å²) >= 11 is 0. The van der Waals surface area contributed by atoms with Crippen LogP contribution in [0.5, 0.6) is 0 Å². The lowest BCUT2D eigenvalue weighted by Crippen LogP contribution is -2.08. The van der Waals surface area contributed by atoms with Crippen LogP contribution in [0.15, 0.2) is 24.4 Å². The van der Waals surface area contributed by atoms with Gasteiger partial charge in [0.1, 0.15) is 5.69 Å². The lowest BCUT2D eigenvalue weighted by Gasteiger charge is -2.12. The normalized spacial score (nSPS) is 16.9. The molecule has 0 fully saturated rings. The number of hydrogen-bond acceptors (Lipinski definition) is 2. The van der Waals surface area contributed by atoms with Crippen LogP contribution in [-0.2, 0) is 11.0 Å². The molecule has 0 amide bonds. The fourth-order valence-corrected chi connectivity index (χ4v) is 1.77. The highest BCUT2D eigenvalue weighted by Gasteiger charge is 2.32. The van der Waals surface area contributed by atoms with Gasteiger partial charge in [0, 0.05) is 12.6 Å². The third-order valence-corrected chi connectivity index (χ3v) is 2.63. The second-order valence-corrected chi connectivity index (χ2v) is 3.92. The van der Waals surface area contributed by atoms with Gasteiger partial charge in [-0.2, -0.15) is 13.2 Å². The number of nitrogens with zero attached hydrogens (tertiary/aromatic N) is 1. The number of halogens is 3. The molecule has 17 heavy (non-hydrogen) atoms. The topological polar surface area (TPSA) is 30.0 Å². The first-order chi connectivity index (χ1) is 7.97. The number of aromatic nitrogens is 1. The number of carbonyl (C=O) groups excluding carboxylic acids is 1. The molecule has 0 bridgehead atoms. The summed E-state index contributed by atoms with van der Waals surface area (Å²) in [5.41, 5.74) is 0.442. The first kappa shape index (κ1) is 11.8. The van der Waals surface area contributed by atoms with Crippen molar-refractivity contribution < 1.29 is 18.0 Å². The van der Waals surface area contributed by atoms with Crippen molar-refractivity contribution in [1.29, 1.82) is 0 Å². The van der Waals surface area contributed by atoms with Gasteiger partial charge in [-0.05, 0) is 36.1 Å². The predicted octanol–water partition coefficient (Wildman–Crippen LogP) is 3.24. The maximum atomic E-state index is 12.3. The van der Waals surface area contributed by atoms with Gasteiger partial charge in [0.2, 0.25) is 0 Å². The molecule has 0 spiro atoms. The van der Waals surface area contributed by atoms with Gasteiger partial charge >= 0.3 is 6.18 Å². The van der Waals surface area contributed by atoms with E-state index in [-0.39, 0.29) is 5.78 Å². The number of hydrogen-bond donors (Lipinski definition) is 0. The van der Waals surface area contributed by atoms with E-state index in [1.165, 1.54) is 18.3 Å². The van der Waals surface area contributed by atoms with E-state index in [9.17, 15) is 18.0 Å². The Hall–Kier alpha value is -1.65. The smallest absolute Gasteiger partial charge is 0.295 e. The summed E-state index contributed by atoms with van der Waals surface area (Å²) < 4.78 is 36.9. The number of allylic oxidation sites excluding steroid dienone is 2. The van der Waals surface area contributed by atoms with E-state index in [2.05, 4.69) is 4.98 Å². The molecule has 0 unspecified atom stereocenters. The molecule has 1 aromatic rings. The molecule has 0 aromatic carbocycles. The molecule has 5 heteroatoms. The van der Waals surface area contributed by atoms with Gasteiger partial charge in [0.05, 0.1) is 0 Å². The third kappa shape index (κ3) is 2.72. The summed E-state index contributed by atoms with van der Waals surface area (Å²) in [4.78, 5) is 14.6. The number of carbonyl (C=O) groups is 1. The molecule has 1 aromatic heterocycles. The summed E-state index contributed by atoms with van der Waals surface area (Å²) in [5, 5.41) is 0. The summed E-state index contributed by atoms with van der Waals surface area (Å²) in [6, 6.07) is 2.30. The van der Waals surface area contributed by atoms with Crippen molar-refractivity contribution in [1.82, 2.24) is 4.98 Å². The Morgan fingerprint density at radius 3 is 2.47 bits per heavy atom. The van der Waals surface area contributed by atoms with Crippen molar-refractivity contribution in [3.05, 3.63) is 35.7 Å². The van der Waals surface area contributed by atoms with Gasteiger partial charge < -0.3 is 0 Å². The van der Waals surface area contributed by atoms with Gasteiger partial charge in [0.25, 0.3) is 0 Å². The number of alkyl halides is 3. The highest BCUT2D eigenvalue weighted by Crippen LogP contribution is 2.29. The largest absolute Gasteiger partial charge is 0.433 e. The molecule has 0 aliphatic heterocycles. The van der Waals surface area contributed by atoms with E-state index in [1.807, 2.05) is 0 Å². The fraction of sp³-hybridized carbons (Fsp3) is 0.333. The minimum absolute atomic E-state index is 0.0196. The molecule has 2 rings (SSSR count). The SMILES string of the molecule is O=C1C=C(c2ccc(C(F)(F)F)nc2)CCC1. The monoisotopic (exact) mass is 241 g/mol. The first-order valence-electron chi connectivity index (χ1n) is 5.24.